The molecule has 0 aromatic heterocycles. The molecule has 0 saturated carbocycles. The van der Waals surface area contributed by atoms with Gasteiger partial charge in [0.1, 0.15) is 4.90 Å². The van der Waals surface area contributed by atoms with Gasteiger partial charge in [0.2, 0.25) is 0 Å². The first-order valence-corrected chi connectivity index (χ1v) is 9.89. The molecule has 1 aromatic carbocycles. The number of ether oxygens (including phenoxy) is 1. The molecule has 1 rings (SSSR count). The Labute approximate surface area is 149 Å². The van der Waals surface area contributed by atoms with Gasteiger partial charge in [-0.1, -0.05) is 0 Å². The Morgan fingerprint density at radius 3 is 1.81 bits per heavy atom. The van der Waals surface area contributed by atoms with Gasteiger partial charge in [-0.2, -0.15) is 13.2 Å². The molecule has 0 N–H and O–H groups in total. The van der Waals surface area contributed by atoms with E-state index >= 15 is 0 Å². The smallest absolute Gasteiger partial charge is 0.485 e. The van der Waals surface area contributed by atoms with Gasteiger partial charge >= 0.3 is 11.5 Å². The van der Waals surface area contributed by atoms with E-state index in [0.717, 1.165) is 6.26 Å². The number of sulfone groups is 1. The molecule has 1 aromatic rings. The lowest BCUT2D eigenvalue weighted by Crippen LogP contribution is -2.36. The van der Waals surface area contributed by atoms with Crippen LogP contribution in [-0.2, 0) is 24.7 Å². The molecule has 0 radical (unpaired) electrons. The molecule has 0 aliphatic rings. The maximum Gasteiger partial charge on any atom is 0.485 e. The van der Waals surface area contributed by atoms with Gasteiger partial charge in [-0.05, 0) is 12.1 Å². The minimum Gasteiger partial charge on any atom is -0.741 e. The average Bonchev–Trinajstić information content (AvgIpc) is 2.42. The van der Waals surface area contributed by atoms with Gasteiger partial charge in [0, 0.05) is 12.3 Å². The minimum atomic E-state index is -6.09. The first-order valence-electron chi connectivity index (χ1n) is 6.59. The monoisotopic (exact) mass is 421 g/mol. The summed E-state index contributed by atoms with van der Waals surface area (Å²) in [6, 6.07) is 4.57. The third-order valence-corrected chi connectivity index (χ3v) is 4.48. The molecule has 150 valence electrons. The molecule has 0 fully saturated rings. The van der Waals surface area contributed by atoms with Crippen LogP contribution in [0.3, 0.4) is 0 Å². The summed E-state index contributed by atoms with van der Waals surface area (Å²) in [7, 11) is -2.65. The number of halogens is 3. The summed E-state index contributed by atoms with van der Waals surface area (Å²) in [5.74, 6) is -0.548. The van der Waals surface area contributed by atoms with Crippen LogP contribution in [0.25, 0.3) is 0 Å². The van der Waals surface area contributed by atoms with Crippen molar-refractivity contribution in [3.63, 3.8) is 0 Å². The van der Waals surface area contributed by atoms with Gasteiger partial charge in [-0.15, -0.1) is 0 Å². The maximum absolute atomic E-state index is 11.8. The molecule has 0 unspecified atom stereocenters. The highest BCUT2D eigenvalue weighted by Gasteiger charge is 2.36. The van der Waals surface area contributed by atoms with Crippen LogP contribution >= 0.6 is 0 Å². The number of quaternary nitrogens is 1. The largest absolute Gasteiger partial charge is 0.741 e. The van der Waals surface area contributed by atoms with E-state index < -0.39 is 31.4 Å². The number of hydrogen-bond donors (Lipinski definition) is 0. The fourth-order valence-electron chi connectivity index (χ4n) is 1.61. The molecule has 0 bridgehead atoms. The average molecular weight is 421 g/mol. The number of carbonyl (C=O) groups excluding carboxylic acids is 1. The highest BCUT2D eigenvalue weighted by atomic mass is 32.2. The predicted molar refractivity (Wildman–Crippen MR) is 86.2 cm³/mol. The third-order valence-electron chi connectivity index (χ3n) is 2.79. The topological polar surface area (TPSA) is 118 Å². The normalized spacial score (nSPS) is 12.8. The molecule has 26 heavy (non-hydrogen) atoms. The van der Waals surface area contributed by atoms with E-state index in [9.17, 15) is 26.4 Å². The van der Waals surface area contributed by atoms with E-state index in [1.807, 2.05) is 21.1 Å². The van der Waals surface area contributed by atoms with Gasteiger partial charge in [0.15, 0.2) is 25.6 Å². The molecule has 0 spiro atoms. The van der Waals surface area contributed by atoms with Gasteiger partial charge in [-0.3, -0.25) is 4.48 Å². The Morgan fingerprint density at radius 2 is 1.54 bits per heavy atom. The van der Waals surface area contributed by atoms with E-state index in [2.05, 4.69) is 4.74 Å². The van der Waals surface area contributed by atoms with Crippen LogP contribution in [0.1, 0.15) is 10.4 Å². The molecule has 13 heteroatoms. The van der Waals surface area contributed by atoms with Gasteiger partial charge in [-0.25, -0.2) is 21.6 Å². The standard InChI is InChI=1S/C12H18NO4S.CHF3O3S/c1-13(2,3)10-7-6-9(12(14)17-4)8-11(10)18(5,15)16;2-1(3,4)8(5,6)7/h6-8H,1-5H3;(H,5,6,7)/q+1;/p-1. The number of esters is 1. The Hall–Kier alpha value is -1.70. The number of carbonyl (C=O) groups is 1. The van der Waals surface area contributed by atoms with Crippen LogP contribution in [-0.4, -0.2) is 67.4 Å². The highest BCUT2D eigenvalue weighted by molar-refractivity contribution is 7.90. The molecule has 0 saturated heterocycles. The second-order valence-corrected chi connectivity index (χ2v) is 9.21. The van der Waals surface area contributed by atoms with Crippen molar-refractivity contribution in [2.45, 2.75) is 10.4 Å². The zero-order valence-electron chi connectivity index (χ0n) is 14.5. The molecule has 0 aliphatic carbocycles. The number of hydrogen-bond acceptors (Lipinski definition) is 7. The molecule has 0 heterocycles. The fraction of sp³-hybridized carbons (Fsp3) is 0.462. The van der Waals surface area contributed by atoms with E-state index in [1.165, 1.54) is 13.2 Å². The summed E-state index contributed by atoms with van der Waals surface area (Å²) < 4.78 is 87.4. The Balaban J connectivity index is 0.000000660. The van der Waals surface area contributed by atoms with Crippen LogP contribution in [0.15, 0.2) is 23.1 Å². The summed E-state index contributed by atoms with van der Waals surface area (Å²) in [6.07, 6.45) is 1.13. The van der Waals surface area contributed by atoms with Crippen molar-refractivity contribution in [2.24, 2.45) is 0 Å². The number of methoxy groups -OCH3 is 1. The highest BCUT2D eigenvalue weighted by Crippen LogP contribution is 2.28. The van der Waals surface area contributed by atoms with Gasteiger partial charge in [0.05, 0.1) is 33.8 Å². The minimum absolute atomic E-state index is 0.151. The number of rotatable bonds is 3. The van der Waals surface area contributed by atoms with Crippen LogP contribution in [0, 0.1) is 0 Å². The summed E-state index contributed by atoms with van der Waals surface area (Å²) in [5.41, 5.74) is -4.78. The van der Waals surface area contributed by atoms with Crippen LogP contribution in [0.4, 0.5) is 18.9 Å². The van der Waals surface area contributed by atoms with E-state index in [1.54, 1.807) is 12.1 Å². The molecular formula is C13H18F3NO7S2. The summed E-state index contributed by atoms with van der Waals surface area (Å²) >= 11 is 0. The number of benzene rings is 1. The number of alkyl halides is 3. The molecule has 0 atom stereocenters. The molecule has 0 amide bonds. The van der Waals surface area contributed by atoms with Crippen molar-refractivity contribution in [2.75, 3.05) is 34.5 Å². The molecule has 0 aliphatic heterocycles. The fourth-order valence-corrected chi connectivity index (χ4v) is 2.67. The van der Waals surface area contributed by atoms with Crippen molar-refractivity contribution in [3.05, 3.63) is 23.8 Å². The van der Waals surface area contributed by atoms with Crippen molar-refractivity contribution in [1.82, 2.24) is 4.48 Å². The first-order chi connectivity index (χ1) is 11.3. The third kappa shape index (κ3) is 6.90. The van der Waals surface area contributed by atoms with E-state index in [4.69, 9.17) is 13.0 Å². The Morgan fingerprint density at radius 1 is 1.12 bits per heavy atom. The van der Waals surface area contributed by atoms with Crippen LogP contribution < -0.4 is 4.48 Å². The zero-order chi connectivity index (χ0) is 21.1. The maximum atomic E-state index is 11.8. The lowest BCUT2D eigenvalue weighted by molar-refractivity contribution is -0.0517. The summed E-state index contributed by atoms with van der Waals surface area (Å²) in [4.78, 5) is 11.6. The van der Waals surface area contributed by atoms with Crippen molar-refractivity contribution >= 4 is 31.6 Å². The van der Waals surface area contributed by atoms with Crippen LogP contribution in [0.5, 0.6) is 0 Å². The van der Waals surface area contributed by atoms with E-state index in [0.29, 0.717) is 10.2 Å². The molecular weight excluding hydrogens is 403 g/mol. The van der Waals surface area contributed by atoms with Crippen LogP contribution in [0.2, 0.25) is 0 Å². The second-order valence-electron chi connectivity index (χ2n) is 5.86. The quantitative estimate of drug-likeness (QED) is 0.311. The Bertz CT molecular complexity index is 870. The molecule has 8 nitrogen and oxygen atoms in total. The number of nitrogens with zero attached hydrogens (tertiary/aromatic N) is 1. The van der Waals surface area contributed by atoms with Crippen molar-refractivity contribution in [3.8, 4) is 0 Å². The van der Waals surface area contributed by atoms with Crippen molar-refractivity contribution < 1.29 is 44.1 Å². The van der Waals surface area contributed by atoms with Crippen molar-refractivity contribution in [1.29, 1.82) is 0 Å². The van der Waals surface area contributed by atoms with Gasteiger partial charge in [0.25, 0.3) is 0 Å². The zero-order valence-corrected chi connectivity index (χ0v) is 16.1. The summed E-state index contributed by atoms with van der Waals surface area (Å²) in [6.45, 7) is 0. The first kappa shape index (κ1) is 24.3. The SMILES string of the molecule is COC(=O)c1ccc([N+](C)(C)C)c(S(C)(=O)=O)c1.O=S(=O)([O-])C(F)(F)F. The lowest BCUT2D eigenvalue weighted by Gasteiger charge is -2.25. The summed E-state index contributed by atoms with van der Waals surface area (Å²) in [5, 5.41) is 0. The lowest BCUT2D eigenvalue weighted by atomic mass is 10.2. The second kappa shape index (κ2) is 7.90. The predicted octanol–water partition coefficient (Wildman–Crippen LogP) is 1.12. The van der Waals surface area contributed by atoms with Gasteiger partial charge < -0.3 is 9.29 Å². The van der Waals surface area contributed by atoms with E-state index in [-0.39, 0.29) is 10.5 Å². The Kier molecular flexibility index (Phi) is 7.38.